The fourth-order valence-corrected chi connectivity index (χ4v) is 4.24. The molecule has 1 aromatic heterocycles. The van der Waals surface area contributed by atoms with Crippen LogP contribution in [0.2, 0.25) is 0 Å². The SMILES string of the molecule is CCCC1CCC(C(=O)Cc2nc(C(C)(C)C)cs2)CC1. The van der Waals surface area contributed by atoms with Crippen LogP contribution in [0, 0.1) is 11.8 Å². The van der Waals surface area contributed by atoms with Crippen LogP contribution in [-0.2, 0) is 16.6 Å². The van der Waals surface area contributed by atoms with Crippen LogP contribution in [0.15, 0.2) is 5.38 Å². The van der Waals surface area contributed by atoms with Crippen LogP contribution in [-0.4, -0.2) is 10.8 Å². The fraction of sp³-hybridized carbons (Fsp3) is 0.778. The lowest BCUT2D eigenvalue weighted by atomic mass is 9.78. The van der Waals surface area contributed by atoms with Crippen LogP contribution in [0.5, 0.6) is 0 Å². The van der Waals surface area contributed by atoms with E-state index in [0.717, 1.165) is 29.5 Å². The number of nitrogens with zero attached hydrogens (tertiary/aromatic N) is 1. The third-order valence-corrected chi connectivity index (χ3v) is 5.49. The van der Waals surface area contributed by atoms with Crippen LogP contribution in [0.3, 0.4) is 0 Å². The van der Waals surface area contributed by atoms with Gasteiger partial charge in [0.15, 0.2) is 0 Å². The Labute approximate surface area is 133 Å². The topological polar surface area (TPSA) is 30.0 Å². The molecule has 0 amide bonds. The van der Waals surface area contributed by atoms with Gasteiger partial charge in [-0.05, 0) is 31.6 Å². The lowest BCUT2D eigenvalue weighted by Gasteiger charge is -2.27. The van der Waals surface area contributed by atoms with E-state index in [4.69, 9.17) is 0 Å². The Hall–Kier alpha value is -0.700. The van der Waals surface area contributed by atoms with Gasteiger partial charge in [0.2, 0.25) is 0 Å². The zero-order valence-electron chi connectivity index (χ0n) is 13.9. The number of aromatic nitrogens is 1. The second-order valence-corrected chi connectivity index (χ2v) is 8.47. The van der Waals surface area contributed by atoms with Gasteiger partial charge in [-0.25, -0.2) is 4.98 Å². The van der Waals surface area contributed by atoms with Gasteiger partial charge in [0.1, 0.15) is 10.8 Å². The quantitative estimate of drug-likeness (QED) is 0.752. The van der Waals surface area contributed by atoms with Gasteiger partial charge in [-0.2, -0.15) is 0 Å². The summed E-state index contributed by atoms with van der Waals surface area (Å²) in [5.41, 5.74) is 1.19. The van der Waals surface area contributed by atoms with Gasteiger partial charge in [0.05, 0.1) is 12.1 Å². The predicted octanol–water partition coefficient (Wildman–Crippen LogP) is 5.16. The Morgan fingerprint density at radius 3 is 2.48 bits per heavy atom. The summed E-state index contributed by atoms with van der Waals surface area (Å²) < 4.78 is 0. The third-order valence-electron chi connectivity index (χ3n) is 4.64. The molecule has 1 fully saturated rings. The van der Waals surface area contributed by atoms with E-state index in [2.05, 4.69) is 38.1 Å². The first-order valence-corrected chi connectivity index (χ1v) is 9.25. The van der Waals surface area contributed by atoms with Crippen LogP contribution < -0.4 is 0 Å². The van der Waals surface area contributed by atoms with Gasteiger partial charge < -0.3 is 0 Å². The summed E-state index contributed by atoms with van der Waals surface area (Å²) in [7, 11) is 0. The van der Waals surface area contributed by atoms with E-state index in [1.165, 1.54) is 25.7 Å². The molecule has 1 aromatic rings. The lowest BCUT2D eigenvalue weighted by Crippen LogP contribution is -2.23. The van der Waals surface area contributed by atoms with E-state index in [9.17, 15) is 4.79 Å². The summed E-state index contributed by atoms with van der Waals surface area (Å²) >= 11 is 1.65. The maximum atomic E-state index is 12.5. The van der Waals surface area contributed by atoms with Gasteiger partial charge in [-0.1, -0.05) is 40.5 Å². The normalized spacial score (nSPS) is 23.2. The van der Waals surface area contributed by atoms with Crippen LogP contribution in [0.1, 0.15) is 76.9 Å². The number of hydrogen-bond acceptors (Lipinski definition) is 3. The van der Waals surface area contributed by atoms with E-state index in [1.54, 1.807) is 11.3 Å². The van der Waals surface area contributed by atoms with E-state index < -0.39 is 0 Å². The van der Waals surface area contributed by atoms with E-state index in [-0.39, 0.29) is 5.41 Å². The molecule has 0 aromatic carbocycles. The molecule has 3 heteroatoms. The molecular formula is C18H29NOS. The van der Waals surface area contributed by atoms with Crippen molar-refractivity contribution in [3.05, 3.63) is 16.1 Å². The fourth-order valence-electron chi connectivity index (χ4n) is 3.21. The molecule has 118 valence electrons. The number of thiazole rings is 1. The highest BCUT2D eigenvalue weighted by molar-refractivity contribution is 7.09. The number of carbonyl (C=O) groups is 1. The van der Waals surface area contributed by atoms with Crippen molar-refractivity contribution in [3.8, 4) is 0 Å². The monoisotopic (exact) mass is 307 g/mol. The Morgan fingerprint density at radius 1 is 1.29 bits per heavy atom. The summed E-state index contributed by atoms with van der Waals surface area (Å²) in [6.07, 6.45) is 7.84. The molecule has 0 saturated heterocycles. The smallest absolute Gasteiger partial charge is 0.142 e. The Balaban J connectivity index is 1.86. The summed E-state index contributed by atoms with van der Waals surface area (Å²) in [5, 5.41) is 3.11. The number of rotatable bonds is 5. The second kappa shape index (κ2) is 7.04. The average molecular weight is 308 g/mol. The number of hydrogen-bond donors (Lipinski definition) is 0. The summed E-state index contributed by atoms with van der Waals surface area (Å²) in [5.74, 6) is 1.58. The summed E-state index contributed by atoms with van der Waals surface area (Å²) in [6.45, 7) is 8.76. The van der Waals surface area contributed by atoms with E-state index in [0.29, 0.717) is 18.1 Å². The zero-order valence-corrected chi connectivity index (χ0v) is 14.8. The van der Waals surface area contributed by atoms with Gasteiger partial charge in [0, 0.05) is 16.7 Å². The lowest BCUT2D eigenvalue weighted by molar-refractivity contribution is -0.123. The molecule has 1 saturated carbocycles. The molecule has 0 atom stereocenters. The van der Waals surface area contributed by atoms with Gasteiger partial charge in [-0.15, -0.1) is 11.3 Å². The van der Waals surface area contributed by atoms with Gasteiger partial charge in [0.25, 0.3) is 0 Å². The van der Waals surface area contributed by atoms with Gasteiger partial charge in [-0.3, -0.25) is 4.79 Å². The molecule has 0 spiro atoms. The first kappa shape index (κ1) is 16.7. The predicted molar refractivity (Wildman–Crippen MR) is 89.9 cm³/mol. The largest absolute Gasteiger partial charge is 0.299 e. The number of carbonyl (C=O) groups excluding carboxylic acids is 1. The molecule has 1 aliphatic carbocycles. The van der Waals surface area contributed by atoms with Crippen molar-refractivity contribution in [2.45, 2.75) is 78.1 Å². The molecule has 1 heterocycles. The minimum Gasteiger partial charge on any atom is -0.299 e. The van der Waals surface area contributed by atoms with Crippen molar-refractivity contribution >= 4 is 17.1 Å². The molecule has 2 nitrogen and oxygen atoms in total. The molecule has 21 heavy (non-hydrogen) atoms. The highest BCUT2D eigenvalue weighted by atomic mass is 32.1. The van der Waals surface area contributed by atoms with Crippen molar-refractivity contribution in [1.29, 1.82) is 0 Å². The molecule has 0 radical (unpaired) electrons. The molecule has 0 unspecified atom stereocenters. The number of Topliss-reactive ketones (excluding diaryl/α,β-unsaturated/α-hetero) is 1. The van der Waals surface area contributed by atoms with Gasteiger partial charge >= 0.3 is 0 Å². The minimum absolute atomic E-state index is 0.0794. The van der Waals surface area contributed by atoms with Crippen LogP contribution in [0.25, 0.3) is 0 Å². The molecule has 1 aliphatic rings. The molecule has 0 aliphatic heterocycles. The summed E-state index contributed by atoms with van der Waals surface area (Å²) in [6, 6.07) is 0. The second-order valence-electron chi connectivity index (χ2n) is 7.53. The van der Waals surface area contributed by atoms with Crippen LogP contribution in [0.4, 0.5) is 0 Å². The maximum absolute atomic E-state index is 12.5. The molecular weight excluding hydrogens is 278 g/mol. The Kier molecular flexibility index (Phi) is 5.59. The van der Waals surface area contributed by atoms with Crippen molar-refractivity contribution in [2.75, 3.05) is 0 Å². The van der Waals surface area contributed by atoms with Crippen LogP contribution >= 0.6 is 11.3 Å². The first-order valence-electron chi connectivity index (χ1n) is 8.37. The Morgan fingerprint density at radius 2 is 1.95 bits per heavy atom. The zero-order chi connectivity index (χ0) is 15.5. The Bertz CT molecular complexity index is 464. The summed E-state index contributed by atoms with van der Waals surface area (Å²) in [4.78, 5) is 17.1. The van der Waals surface area contributed by atoms with Crippen molar-refractivity contribution in [2.24, 2.45) is 11.8 Å². The third kappa shape index (κ3) is 4.64. The van der Waals surface area contributed by atoms with Crippen molar-refractivity contribution in [1.82, 2.24) is 4.98 Å². The molecule has 2 rings (SSSR count). The van der Waals surface area contributed by atoms with E-state index in [1.807, 2.05) is 0 Å². The minimum atomic E-state index is 0.0794. The maximum Gasteiger partial charge on any atom is 0.142 e. The van der Waals surface area contributed by atoms with E-state index >= 15 is 0 Å². The average Bonchev–Trinajstić information content (AvgIpc) is 2.88. The highest BCUT2D eigenvalue weighted by Crippen LogP contribution is 2.33. The first-order chi connectivity index (χ1) is 9.90. The standard InChI is InChI=1S/C18H29NOS/c1-5-6-13-7-9-14(10-8-13)15(20)11-17-19-16(12-21-17)18(2,3)4/h12-14H,5-11H2,1-4H3. The highest BCUT2D eigenvalue weighted by Gasteiger charge is 2.26. The number of ketones is 1. The molecule has 0 N–H and O–H groups in total. The van der Waals surface area contributed by atoms with Crippen molar-refractivity contribution < 1.29 is 4.79 Å². The molecule has 0 bridgehead atoms. The van der Waals surface area contributed by atoms with Crippen molar-refractivity contribution in [3.63, 3.8) is 0 Å².